The highest BCUT2D eigenvalue weighted by Crippen LogP contribution is 2.52. The van der Waals surface area contributed by atoms with Crippen molar-refractivity contribution in [3.8, 4) is 0 Å². The first-order valence-corrected chi connectivity index (χ1v) is 8.59. The van der Waals surface area contributed by atoms with Crippen LogP contribution in [0.15, 0.2) is 42.5 Å². The number of rotatable bonds is 4. The number of aliphatic hydroxyl groups excluding tert-OH is 1. The molecule has 0 bridgehead atoms. The molecule has 128 valence electrons. The third-order valence-electron chi connectivity index (χ3n) is 5.64. The van der Waals surface area contributed by atoms with Gasteiger partial charge >= 0.3 is 6.03 Å². The van der Waals surface area contributed by atoms with Crippen LogP contribution < -0.4 is 10.6 Å². The van der Waals surface area contributed by atoms with E-state index in [9.17, 15) is 9.90 Å². The van der Waals surface area contributed by atoms with Crippen molar-refractivity contribution in [2.45, 2.75) is 33.3 Å². The minimum Gasteiger partial charge on any atom is -0.393 e. The van der Waals surface area contributed by atoms with Gasteiger partial charge in [0.15, 0.2) is 0 Å². The molecule has 2 aromatic rings. The van der Waals surface area contributed by atoms with Crippen molar-refractivity contribution in [3.63, 3.8) is 0 Å². The van der Waals surface area contributed by atoms with Crippen LogP contribution in [0.3, 0.4) is 0 Å². The molecule has 4 heteroatoms. The average Bonchev–Trinajstić information content (AvgIpc) is 2.53. The Labute approximate surface area is 143 Å². The van der Waals surface area contributed by atoms with Gasteiger partial charge in [-0.15, -0.1) is 0 Å². The lowest BCUT2D eigenvalue weighted by atomic mass is 9.53. The van der Waals surface area contributed by atoms with Gasteiger partial charge in [-0.1, -0.05) is 44.2 Å². The van der Waals surface area contributed by atoms with Crippen LogP contribution in [0.1, 0.15) is 27.2 Å². The fourth-order valence-electron chi connectivity index (χ4n) is 3.88. The lowest BCUT2D eigenvalue weighted by Gasteiger charge is -2.53. The summed E-state index contributed by atoms with van der Waals surface area (Å²) in [5, 5.41) is 17.9. The van der Waals surface area contributed by atoms with E-state index in [0.29, 0.717) is 18.4 Å². The van der Waals surface area contributed by atoms with E-state index < -0.39 is 0 Å². The van der Waals surface area contributed by atoms with Crippen molar-refractivity contribution in [2.75, 3.05) is 11.9 Å². The molecule has 3 atom stereocenters. The van der Waals surface area contributed by atoms with Gasteiger partial charge in [0.05, 0.1) is 6.10 Å². The highest BCUT2D eigenvalue weighted by Gasteiger charge is 2.49. The van der Waals surface area contributed by atoms with Gasteiger partial charge in [-0.2, -0.15) is 0 Å². The Hall–Kier alpha value is -2.07. The van der Waals surface area contributed by atoms with Gasteiger partial charge in [0.1, 0.15) is 0 Å². The van der Waals surface area contributed by atoms with Crippen molar-refractivity contribution >= 4 is 22.5 Å². The third-order valence-corrected chi connectivity index (χ3v) is 5.64. The molecular formula is C20H26N2O2. The summed E-state index contributed by atoms with van der Waals surface area (Å²) in [6, 6.07) is 13.8. The number of fused-ring (bicyclic) bond motifs is 1. The molecule has 3 N–H and O–H groups in total. The van der Waals surface area contributed by atoms with E-state index in [2.05, 4.69) is 30.5 Å². The number of carbonyl (C=O) groups is 1. The maximum atomic E-state index is 12.1. The van der Waals surface area contributed by atoms with Crippen LogP contribution in [-0.2, 0) is 0 Å². The lowest BCUT2D eigenvalue weighted by Crippen LogP contribution is -2.53. The maximum Gasteiger partial charge on any atom is 0.319 e. The number of hydrogen-bond donors (Lipinski definition) is 3. The summed E-state index contributed by atoms with van der Waals surface area (Å²) in [6.45, 7) is 6.82. The monoisotopic (exact) mass is 326 g/mol. The molecule has 0 radical (unpaired) electrons. The van der Waals surface area contributed by atoms with E-state index in [-0.39, 0.29) is 17.6 Å². The largest absolute Gasteiger partial charge is 0.393 e. The number of aliphatic hydroxyl groups is 1. The topological polar surface area (TPSA) is 61.4 Å². The first-order valence-electron chi connectivity index (χ1n) is 8.59. The van der Waals surface area contributed by atoms with E-state index in [1.54, 1.807) is 0 Å². The fourth-order valence-corrected chi connectivity index (χ4v) is 3.88. The second-order valence-electron chi connectivity index (χ2n) is 7.50. The summed E-state index contributed by atoms with van der Waals surface area (Å²) < 4.78 is 0. The summed E-state index contributed by atoms with van der Waals surface area (Å²) in [5.41, 5.74) is 0.852. The summed E-state index contributed by atoms with van der Waals surface area (Å²) in [7, 11) is 0. The van der Waals surface area contributed by atoms with Crippen molar-refractivity contribution in [2.24, 2.45) is 17.3 Å². The van der Waals surface area contributed by atoms with Crippen molar-refractivity contribution in [1.82, 2.24) is 5.32 Å². The molecule has 0 spiro atoms. The zero-order chi connectivity index (χ0) is 17.3. The van der Waals surface area contributed by atoms with Gasteiger partial charge in [0.25, 0.3) is 0 Å². The van der Waals surface area contributed by atoms with Crippen molar-refractivity contribution < 1.29 is 9.90 Å². The Morgan fingerprint density at radius 1 is 1.25 bits per heavy atom. The van der Waals surface area contributed by atoms with Crippen molar-refractivity contribution in [1.29, 1.82) is 0 Å². The number of urea groups is 1. The quantitative estimate of drug-likeness (QED) is 0.795. The predicted octanol–water partition coefficient (Wildman–Crippen LogP) is 4.00. The fraction of sp³-hybridized carbons (Fsp3) is 0.450. The second-order valence-corrected chi connectivity index (χ2v) is 7.50. The molecule has 0 saturated heterocycles. The standard InChI is InChI=1S/C20H26N2O2/c1-13(23)18-11-16(20(18,2)3)12-21-19(24)22-17-9-8-14-6-4-5-7-15(14)10-17/h4-10,13,16,18,23H,11-12H2,1-3H3,(H2,21,22,24). The van der Waals surface area contributed by atoms with E-state index in [1.807, 2.05) is 43.3 Å². The summed E-state index contributed by atoms with van der Waals surface area (Å²) in [6.07, 6.45) is 0.670. The molecule has 4 nitrogen and oxygen atoms in total. The molecule has 1 fully saturated rings. The van der Waals surface area contributed by atoms with Crippen LogP contribution in [0.2, 0.25) is 0 Å². The summed E-state index contributed by atoms with van der Waals surface area (Å²) >= 11 is 0. The SMILES string of the molecule is CC(O)C1CC(CNC(=O)Nc2ccc3ccccc3c2)C1(C)C. The molecule has 24 heavy (non-hydrogen) atoms. The van der Waals surface area contributed by atoms with Gasteiger partial charge in [0, 0.05) is 12.2 Å². The van der Waals surface area contributed by atoms with Crippen LogP contribution in [0.5, 0.6) is 0 Å². The highest BCUT2D eigenvalue weighted by molar-refractivity contribution is 5.93. The van der Waals surface area contributed by atoms with Crippen LogP contribution in [-0.4, -0.2) is 23.8 Å². The maximum absolute atomic E-state index is 12.1. The molecular weight excluding hydrogens is 300 g/mol. The number of benzene rings is 2. The van der Waals surface area contributed by atoms with E-state index in [4.69, 9.17) is 0 Å². The molecule has 1 saturated carbocycles. The second kappa shape index (κ2) is 6.44. The molecule has 0 aromatic heterocycles. The number of nitrogens with one attached hydrogen (secondary N) is 2. The van der Waals surface area contributed by atoms with E-state index in [0.717, 1.165) is 22.9 Å². The Balaban J connectivity index is 1.54. The normalized spacial score (nSPS) is 23.3. The first kappa shape index (κ1) is 16.8. The Bertz CT molecular complexity index is 739. The van der Waals surface area contributed by atoms with Crippen LogP contribution >= 0.6 is 0 Å². The highest BCUT2D eigenvalue weighted by atomic mass is 16.3. The molecule has 0 heterocycles. The number of anilines is 1. The number of carbonyl (C=O) groups excluding carboxylic acids is 1. The smallest absolute Gasteiger partial charge is 0.319 e. The minimum absolute atomic E-state index is 0.0599. The molecule has 1 aliphatic rings. The van der Waals surface area contributed by atoms with Crippen molar-refractivity contribution in [3.05, 3.63) is 42.5 Å². The Morgan fingerprint density at radius 2 is 1.96 bits per heavy atom. The number of amides is 2. The molecule has 1 aliphatic carbocycles. The van der Waals surface area contributed by atoms with Gasteiger partial charge in [-0.25, -0.2) is 4.79 Å². The average molecular weight is 326 g/mol. The Morgan fingerprint density at radius 3 is 2.62 bits per heavy atom. The first-order chi connectivity index (χ1) is 11.4. The summed E-state index contributed by atoms with van der Waals surface area (Å²) in [5.74, 6) is 0.715. The molecule has 3 rings (SSSR count). The minimum atomic E-state index is -0.289. The molecule has 2 aromatic carbocycles. The van der Waals surface area contributed by atoms with Crippen LogP contribution in [0.25, 0.3) is 10.8 Å². The van der Waals surface area contributed by atoms with E-state index in [1.165, 1.54) is 0 Å². The molecule has 3 unspecified atom stereocenters. The van der Waals surface area contributed by atoms with Crippen LogP contribution in [0, 0.1) is 17.3 Å². The van der Waals surface area contributed by atoms with Gasteiger partial charge in [-0.05, 0) is 53.5 Å². The zero-order valence-corrected chi connectivity index (χ0v) is 14.5. The number of hydrogen-bond acceptors (Lipinski definition) is 2. The van der Waals surface area contributed by atoms with Gasteiger partial charge in [0.2, 0.25) is 0 Å². The molecule has 0 aliphatic heterocycles. The summed E-state index contributed by atoms with van der Waals surface area (Å²) in [4.78, 5) is 12.1. The van der Waals surface area contributed by atoms with Crippen LogP contribution in [0.4, 0.5) is 10.5 Å². The molecule has 2 amide bonds. The van der Waals surface area contributed by atoms with Gasteiger partial charge in [-0.3, -0.25) is 0 Å². The third kappa shape index (κ3) is 3.24. The Kier molecular flexibility index (Phi) is 4.50. The van der Waals surface area contributed by atoms with Gasteiger partial charge < -0.3 is 15.7 Å². The zero-order valence-electron chi connectivity index (χ0n) is 14.5. The lowest BCUT2D eigenvalue weighted by molar-refractivity contribution is -0.0850. The van der Waals surface area contributed by atoms with E-state index >= 15 is 0 Å². The predicted molar refractivity (Wildman–Crippen MR) is 98.0 cm³/mol.